The molecule has 0 N–H and O–H groups in total. The van der Waals surface area contributed by atoms with Crippen molar-refractivity contribution in [1.29, 1.82) is 0 Å². The van der Waals surface area contributed by atoms with Crippen LogP contribution in [-0.2, 0) is 19.1 Å². The number of carbonyl (C=O) groups is 2. The molecule has 184 valence electrons. The molecule has 0 aliphatic heterocycles. The number of benzene rings is 1. The first kappa shape index (κ1) is 23.6. The Morgan fingerprint density at radius 3 is 2.29 bits per heavy atom. The van der Waals surface area contributed by atoms with Gasteiger partial charge in [-0.1, -0.05) is 50.3 Å². The molecule has 5 rings (SSSR count). The van der Waals surface area contributed by atoms with Crippen molar-refractivity contribution in [2.75, 3.05) is 0 Å². The zero-order valence-electron chi connectivity index (χ0n) is 21.2. The summed E-state index contributed by atoms with van der Waals surface area (Å²) < 4.78 is 11.7. The number of ether oxygens (including phenoxy) is 2. The molecule has 1 aromatic rings. The van der Waals surface area contributed by atoms with Crippen molar-refractivity contribution in [3.8, 4) is 0 Å². The summed E-state index contributed by atoms with van der Waals surface area (Å²) in [5.41, 5.74) is 2.81. The van der Waals surface area contributed by atoms with Crippen molar-refractivity contribution in [1.82, 2.24) is 0 Å². The van der Waals surface area contributed by atoms with Gasteiger partial charge in [0.2, 0.25) is 0 Å². The van der Waals surface area contributed by atoms with E-state index in [0.717, 1.165) is 32.1 Å². The highest BCUT2D eigenvalue weighted by molar-refractivity contribution is 5.67. The maximum Gasteiger partial charge on any atom is 0.303 e. The van der Waals surface area contributed by atoms with E-state index in [2.05, 4.69) is 44.2 Å². The van der Waals surface area contributed by atoms with E-state index >= 15 is 0 Å². The van der Waals surface area contributed by atoms with Crippen molar-refractivity contribution in [2.24, 2.45) is 34.5 Å². The van der Waals surface area contributed by atoms with Gasteiger partial charge >= 0.3 is 11.9 Å². The zero-order valence-corrected chi connectivity index (χ0v) is 21.2. The van der Waals surface area contributed by atoms with Gasteiger partial charge in [0, 0.05) is 19.3 Å². The van der Waals surface area contributed by atoms with Crippen LogP contribution >= 0.6 is 0 Å². The quantitative estimate of drug-likeness (QED) is 0.474. The van der Waals surface area contributed by atoms with Gasteiger partial charge in [-0.15, -0.1) is 0 Å². The largest absolute Gasteiger partial charge is 0.463 e. The molecular weight excluding hydrogens is 424 g/mol. The number of fused-ring (bicyclic) bond motifs is 5. The average Bonchev–Trinajstić information content (AvgIpc) is 3.05. The van der Waals surface area contributed by atoms with Crippen molar-refractivity contribution in [3.05, 3.63) is 41.5 Å². The van der Waals surface area contributed by atoms with Crippen molar-refractivity contribution in [2.45, 2.75) is 91.3 Å². The van der Waals surface area contributed by atoms with Crippen molar-refractivity contribution in [3.63, 3.8) is 0 Å². The molecule has 0 heterocycles. The Hall–Kier alpha value is -2.10. The normalized spacial score (nSPS) is 42.3. The van der Waals surface area contributed by atoms with Crippen LogP contribution in [0.5, 0.6) is 0 Å². The van der Waals surface area contributed by atoms with Crippen LogP contribution in [0.3, 0.4) is 0 Å². The number of esters is 2. The topological polar surface area (TPSA) is 52.6 Å². The maximum atomic E-state index is 12.2. The lowest BCUT2D eigenvalue weighted by molar-refractivity contribution is -0.166. The van der Waals surface area contributed by atoms with Crippen LogP contribution in [0.1, 0.15) is 84.6 Å². The smallest absolute Gasteiger partial charge is 0.303 e. The number of carbonyl (C=O) groups excluding carboxylic acids is 2. The molecule has 0 aromatic heterocycles. The molecule has 0 unspecified atom stereocenters. The summed E-state index contributed by atoms with van der Waals surface area (Å²) in [6.45, 7) is 8.00. The van der Waals surface area contributed by atoms with Crippen LogP contribution in [0.15, 0.2) is 35.9 Å². The predicted octanol–water partition coefficient (Wildman–Crippen LogP) is 6.59. The van der Waals surface area contributed by atoms with Gasteiger partial charge in [0.25, 0.3) is 0 Å². The molecule has 4 fully saturated rings. The Morgan fingerprint density at radius 1 is 0.882 bits per heavy atom. The molecule has 4 heteroatoms. The van der Waals surface area contributed by atoms with E-state index in [0.29, 0.717) is 29.1 Å². The molecule has 4 saturated carbocycles. The fraction of sp³-hybridized carbons (Fsp3) is 0.667. The van der Waals surface area contributed by atoms with Gasteiger partial charge in [-0.05, 0) is 91.6 Å². The first-order valence-electron chi connectivity index (χ1n) is 13.3. The first-order chi connectivity index (χ1) is 16.2. The molecule has 4 aliphatic carbocycles. The summed E-state index contributed by atoms with van der Waals surface area (Å²) in [6, 6.07) is 10.5. The number of hydrogen-bond donors (Lipinski definition) is 0. The minimum atomic E-state index is -0.174. The molecule has 0 radical (unpaired) electrons. The summed E-state index contributed by atoms with van der Waals surface area (Å²) in [5, 5.41) is 0. The lowest BCUT2D eigenvalue weighted by Gasteiger charge is -2.60. The first-order valence-corrected chi connectivity index (χ1v) is 13.3. The molecule has 0 saturated heterocycles. The molecular formula is C30H40O4. The van der Waals surface area contributed by atoms with E-state index in [4.69, 9.17) is 9.47 Å². The fourth-order valence-electron chi connectivity index (χ4n) is 8.68. The van der Waals surface area contributed by atoms with Crippen LogP contribution in [0.25, 0.3) is 6.08 Å². The third-order valence-electron chi connectivity index (χ3n) is 10.2. The summed E-state index contributed by atoms with van der Waals surface area (Å²) in [5.74, 6) is 2.25. The van der Waals surface area contributed by atoms with E-state index in [-0.39, 0.29) is 29.6 Å². The van der Waals surface area contributed by atoms with Crippen LogP contribution in [-0.4, -0.2) is 24.1 Å². The molecule has 4 nitrogen and oxygen atoms in total. The van der Waals surface area contributed by atoms with Gasteiger partial charge in [0.1, 0.15) is 12.2 Å². The van der Waals surface area contributed by atoms with Gasteiger partial charge in [-0.2, -0.15) is 0 Å². The SMILES string of the molecule is CC(=O)O[C@H]1CC[C@]2(C)[C@H](CC[C@@H]3[C@H]4C/C(=C\c5ccccc5)[C@@H](OC(C)=O)[C@]4(C)CC[C@H]32)C1. The van der Waals surface area contributed by atoms with Gasteiger partial charge in [0.05, 0.1) is 0 Å². The summed E-state index contributed by atoms with van der Waals surface area (Å²) in [7, 11) is 0. The van der Waals surface area contributed by atoms with E-state index in [1.54, 1.807) is 6.92 Å². The number of rotatable bonds is 3. The van der Waals surface area contributed by atoms with E-state index in [1.807, 2.05) is 6.07 Å². The monoisotopic (exact) mass is 464 g/mol. The van der Waals surface area contributed by atoms with E-state index in [9.17, 15) is 9.59 Å². The molecule has 0 bridgehead atoms. The van der Waals surface area contributed by atoms with E-state index in [1.165, 1.54) is 37.3 Å². The molecule has 1 aromatic carbocycles. The Morgan fingerprint density at radius 2 is 1.59 bits per heavy atom. The third kappa shape index (κ3) is 4.01. The second-order valence-corrected chi connectivity index (χ2v) is 12.0. The van der Waals surface area contributed by atoms with Gasteiger partial charge in [-0.3, -0.25) is 9.59 Å². The second-order valence-electron chi connectivity index (χ2n) is 12.0. The highest BCUT2D eigenvalue weighted by Gasteiger charge is 2.62. The standard InChI is InChI=1S/C30H40O4/c1-19(31)33-24-12-14-29(3)23(18-24)10-11-25-26(29)13-15-30(4)27(25)17-22(28(30)34-20(2)32)16-21-8-6-5-7-9-21/h5-9,16,23-28H,10-15,17-18H2,1-4H3/b22-16+/t23-,24+,25+,26-,27-,28-,29-,30-/m1/s1. The molecule has 34 heavy (non-hydrogen) atoms. The summed E-state index contributed by atoms with van der Waals surface area (Å²) >= 11 is 0. The zero-order chi connectivity index (χ0) is 24.1. The van der Waals surface area contributed by atoms with Gasteiger partial charge in [-0.25, -0.2) is 0 Å². The van der Waals surface area contributed by atoms with Crippen LogP contribution < -0.4 is 0 Å². The molecule has 4 aliphatic rings. The Bertz CT molecular complexity index is 967. The number of hydrogen-bond acceptors (Lipinski definition) is 4. The lowest BCUT2D eigenvalue weighted by atomic mass is 9.45. The van der Waals surface area contributed by atoms with Crippen LogP contribution in [0.4, 0.5) is 0 Å². The molecule has 0 amide bonds. The average molecular weight is 465 g/mol. The lowest BCUT2D eigenvalue weighted by Crippen LogP contribution is -2.54. The van der Waals surface area contributed by atoms with Gasteiger partial charge in [0.15, 0.2) is 0 Å². The van der Waals surface area contributed by atoms with Crippen LogP contribution in [0.2, 0.25) is 0 Å². The highest BCUT2D eigenvalue weighted by Crippen LogP contribution is 2.67. The maximum absolute atomic E-state index is 12.2. The minimum Gasteiger partial charge on any atom is -0.463 e. The Labute approximate surface area is 204 Å². The van der Waals surface area contributed by atoms with Gasteiger partial charge < -0.3 is 9.47 Å². The van der Waals surface area contributed by atoms with E-state index < -0.39 is 0 Å². The minimum absolute atomic E-state index is 0.00555. The van der Waals surface area contributed by atoms with Crippen molar-refractivity contribution >= 4 is 18.0 Å². The molecule has 8 atom stereocenters. The third-order valence-corrected chi connectivity index (χ3v) is 10.2. The Balaban J connectivity index is 1.42. The highest BCUT2D eigenvalue weighted by atomic mass is 16.5. The fourth-order valence-corrected chi connectivity index (χ4v) is 8.68. The van der Waals surface area contributed by atoms with Crippen molar-refractivity contribution < 1.29 is 19.1 Å². The summed E-state index contributed by atoms with van der Waals surface area (Å²) in [4.78, 5) is 23.7. The second kappa shape index (κ2) is 8.84. The predicted molar refractivity (Wildman–Crippen MR) is 133 cm³/mol. The molecule has 0 spiro atoms. The summed E-state index contributed by atoms with van der Waals surface area (Å²) in [6.07, 6.45) is 11.2. The Kier molecular flexibility index (Phi) is 6.14. The van der Waals surface area contributed by atoms with Crippen LogP contribution in [0, 0.1) is 34.5 Å².